The number of hydrogen-bond acceptors (Lipinski definition) is 0. The van der Waals surface area contributed by atoms with Gasteiger partial charge in [-0.15, -0.1) is 9.24 Å². The highest BCUT2D eigenvalue weighted by atomic mass is 31.0. The van der Waals surface area contributed by atoms with E-state index in [9.17, 15) is 4.39 Å². The first-order chi connectivity index (χ1) is 6.78. The second-order valence-electron chi connectivity index (χ2n) is 5.57. The fraction of sp³-hybridized carbons (Fsp3) is 0.538. The molecule has 0 N–H and O–H groups in total. The molecular formula is C13H18FP. The van der Waals surface area contributed by atoms with E-state index in [-0.39, 0.29) is 11.2 Å². The minimum absolute atomic E-state index is 0.0820. The number of hydrogen-bond donors (Lipinski definition) is 0. The molecule has 0 aliphatic heterocycles. The van der Waals surface area contributed by atoms with Gasteiger partial charge in [-0.1, -0.05) is 26.8 Å². The topological polar surface area (TPSA) is 0 Å². The molecule has 2 rings (SSSR count). The zero-order chi connectivity index (χ0) is 11.4. The molecule has 0 radical (unpaired) electrons. The van der Waals surface area contributed by atoms with Gasteiger partial charge in [-0.3, -0.25) is 0 Å². The van der Waals surface area contributed by atoms with Crippen molar-refractivity contribution >= 4 is 14.5 Å². The van der Waals surface area contributed by atoms with Crippen molar-refractivity contribution in [3.63, 3.8) is 0 Å². The Labute approximate surface area is 93.5 Å². The van der Waals surface area contributed by atoms with E-state index in [0.717, 1.165) is 22.9 Å². The molecular weight excluding hydrogens is 206 g/mol. The summed E-state index contributed by atoms with van der Waals surface area (Å²) in [5, 5.41) is 0.980. The predicted octanol–water partition coefficient (Wildman–Crippen LogP) is 3.32. The first kappa shape index (κ1) is 11.1. The summed E-state index contributed by atoms with van der Waals surface area (Å²) in [7, 11) is 2.62. The van der Waals surface area contributed by atoms with Gasteiger partial charge in [0.15, 0.2) is 0 Å². The smallest absolute Gasteiger partial charge is 0.127 e. The van der Waals surface area contributed by atoms with Crippen LogP contribution in [0.15, 0.2) is 12.1 Å². The van der Waals surface area contributed by atoms with E-state index in [4.69, 9.17) is 0 Å². The lowest BCUT2D eigenvalue weighted by Crippen LogP contribution is -2.13. The molecule has 0 aromatic heterocycles. The molecule has 15 heavy (non-hydrogen) atoms. The zero-order valence-corrected chi connectivity index (χ0v) is 11.0. The van der Waals surface area contributed by atoms with Gasteiger partial charge in [0, 0.05) is 0 Å². The molecule has 1 aliphatic carbocycles. The standard InChI is InChI=1S/C13H18FP/c1-8-10(14)5-9(6-11(8)15)13(4)7-12(13,2)3/h5-6H,7,15H2,1-4H3. The molecule has 0 nitrogen and oxygen atoms in total. The second kappa shape index (κ2) is 3.04. The van der Waals surface area contributed by atoms with E-state index in [1.807, 2.05) is 6.92 Å². The summed E-state index contributed by atoms with van der Waals surface area (Å²) in [5.74, 6) is -0.0820. The van der Waals surface area contributed by atoms with Crippen LogP contribution < -0.4 is 5.30 Å². The molecule has 0 bridgehead atoms. The van der Waals surface area contributed by atoms with Gasteiger partial charge in [-0.25, -0.2) is 4.39 Å². The van der Waals surface area contributed by atoms with E-state index >= 15 is 0 Å². The van der Waals surface area contributed by atoms with Crippen molar-refractivity contribution in [2.24, 2.45) is 5.41 Å². The first-order valence-electron chi connectivity index (χ1n) is 5.34. The van der Waals surface area contributed by atoms with E-state index < -0.39 is 0 Å². The summed E-state index contributed by atoms with van der Waals surface area (Å²) in [6, 6.07) is 3.81. The summed E-state index contributed by atoms with van der Waals surface area (Å²) in [6.45, 7) is 8.53. The number of halogens is 1. The van der Waals surface area contributed by atoms with Gasteiger partial charge in [-0.2, -0.15) is 0 Å². The van der Waals surface area contributed by atoms with Crippen LogP contribution in [0.2, 0.25) is 0 Å². The minimum Gasteiger partial charge on any atom is -0.207 e. The van der Waals surface area contributed by atoms with Crippen molar-refractivity contribution in [1.82, 2.24) is 0 Å². The highest BCUT2D eigenvalue weighted by Gasteiger charge is 2.58. The monoisotopic (exact) mass is 224 g/mol. The van der Waals surface area contributed by atoms with Crippen molar-refractivity contribution in [1.29, 1.82) is 0 Å². The van der Waals surface area contributed by atoms with Crippen LogP contribution in [0.3, 0.4) is 0 Å². The van der Waals surface area contributed by atoms with Gasteiger partial charge in [0.1, 0.15) is 5.82 Å². The van der Waals surface area contributed by atoms with Crippen molar-refractivity contribution < 1.29 is 4.39 Å². The molecule has 2 unspecified atom stereocenters. The Balaban J connectivity index is 2.49. The van der Waals surface area contributed by atoms with Gasteiger partial charge in [-0.05, 0) is 46.7 Å². The lowest BCUT2D eigenvalue weighted by atomic mass is 9.89. The Hall–Kier alpha value is -0.420. The normalized spacial score (nSPS) is 27.9. The lowest BCUT2D eigenvalue weighted by molar-refractivity contribution is 0.524. The van der Waals surface area contributed by atoms with Gasteiger partial charge in [0.2, 0.25) is 0 Å². The number of benzene rings is 1. The molecule has 1 saturated carbocycles. The van der Waals surface area contributed by atoms with Crippen LogP contribution in [0.5, 0.6) is 0 Å². The van der Waals surface area contributed by atoms with Crippen LogP contribution >= 0.6 is 9.24 Å². The van der Waals surface area contributed by atoms with Crippen LogP contribution in [-0.4, -0.2) is 0 Å². The molecule has 0 saturated heterocycles. The van der Waals surface area contributed by atoms with Crippen LogP contribution in [-0.2, 0) is 5.41 Å². The van der Waals surface area contributed by atoms with Crippen molar-refractivity contribution in [2.45, 2.75) is 39.5 Å². The summed E-state index contributed by atoms with van der Waals surface area (Å²) < 4.78 is 13.6. The SMILES string of the molecule is Cc1c(F)cc(C2(C)CC2(C)C)cc1P. The van der Waals surface area contributed by atoms with E-state index in [1.54, 1.807) is 6.07 Å². The van der Waals surface area contributed by atoms with Crippen LogP contribution in [0, 0.1) is 18.2 Å². The molecule has 1 aromatic rings. The van der Waals surface area contributed by atoms with Crippen molar-refractivity contribution in [2.75, 3.05) is 0 Å². The summed E-state index contributed by atoms with van der Waals surface area (Å²) in [6.07, 6.45) is 1.15. The molecule has 82 valence electrons. The van der Waals surface area contributed by atoms with Crippen molar-refractivity contribution in [3.05, 3.63) is 29.1 Å². The van der Waals surface area contributed by atoms with Crippen LogP contribution in [0.25, 0.3) is 0 Å². The third kappa shape index (κ3) is 1.52. The first-order valence-corrected chi connectivity index (χ1v) is 5.92. The molecule has 1 aromatic carbocycles. The Kier molecular flexibility index (Phi) is 2.25. The third-order valence-corrected chi connectivity index (χ3v) is 4.79. The summed E-state index contributed by atoms with van der Waals surface area (Å²) in [4.78, 5) is 0. The molecule has 1 fully saturated rings. The zero-order valence-electron chi connectivity index (χ0n) is 9.82. The highest BCUT2D eigenvalue weighted by Crippen LogP contribution is 2.63. The second-order valence-corrected chi connectivity index (χ2v) is 6.19. The molecule has 0 heterocycles. The van der Waals surface area contributed by atoms with E-state index in [1.165, 1.54) is 0 Å². The average molecular weight is 224 g/mol. The van der Waals surface area contributed by atoms with Crippen molar-refractivity contribution in [3.8, 4) is 0 Å². The fourth-order valence-electron chi connectivity index (χ4n) is 2.35. The number of rotatable bonds is 1. The maximum atomic E-state index is 13.6. The molecule has 0 spiro atoms. The van der Waals surface area contributed by atoms with Crippen LogP contribution in [0.4, 0.5) is 4.39 Å². The Morgan fingerprint density at radius 1 is 1.27 bits per heavy atom. The quantitative estimate of drug-likeness (QED) is 0.642. The Bertz CT molecular complexity index is 400. The van der Waals surface area contributed by atoms with Gasteiger partial charge < -0.3 is 0 Å². The maximum Gasteiger partial charge on any atom is 0.127 e. The van der Waals surface area contributed by atoms with Gasteiger partial charge in [0.05, 0.1) is 0 Å². The maximum absolute atomic E-state index is 13.6. The molecule has 2 atom stereocenters. The summed E-state index contributed by atoms with van der Waals surface area (Å²) >= 11 is 0. The Morgan fingerprint density at radius 3 is 2.20 bits per heavy atom. The molecule has 0 amide bonds. The summed E-state index contributed by atoms with van der Waals surface area (Å²) in [5.41, 5.74) is 2.35. The average Bonchev–Trinajstić information content (AvgIpc) is 2.62. The van der Waals surface area contributed by atoms with E-state index in [0.29, 0.717) is 5.41 Å². The highest BCUT2D eigenvalue weighted by molar-refractivity contribution is 7.27. The largest absolute Gasteiger partial charge is 0.207 e. The predicted molar refractivity (Wildman–Crippen MR) is 66.2 cm³/mol. The molecule has 1 aliphatic rings. The fourth-order valence-corrected chi connectivity index (χ4v) is 2.67. The Morgan fingerprint density at radius 2 is 1.80 bits per heavy atom. The van der Waals surface area contributed by atoms with Crippen LogP contribution in [0.1, 0.15) is 38.3 Å². The third-order valence-electron chi connectivity index (χ3n) is 4.19. The van der Waals surface area contributed by atoms with Gasteiger partial charge >= 0.3 is 0 Å². The molecule has 2 heteroatoms. The lowest BCUT2D eigenvalue weighted by Gasteiger charge is -2.17. The minimum atomic E-state index is -0.0820. The van der Waals surface area contributed by atoms with Gasteiger partial charge in [0.25, 0.3) is 0 Å². The van der Waals surface area contributed by atoms with E-state index in [2.05, 4.69) is 36.1 Å².